The zero-order chi connectivity index (χ0) is 14.9. The van der Waals surface area contributed by atoms with Crippen molar-refractivity contribution >= 4 is 17.7 Å². The van der Waals surface area contributed by atoms with Crippen LogP contribution in [-0.4, -0.2) is 29.3 Å². The Morgan fingerprint density at radius 1 is 1.30 bits per heavy atom. The fraction of sp³-hybridized carbons (Fsp3) is 0.467. The van der Waals surface area contributed by atoms with Crippen molar-refractivity contribution in [2.45, 2.75) is 38.7 Å². The Kier molecular flexibility index (Phi) is 3.70. The van der Waals surface area contributed by atoms with Gasteiger partial charge in [-0.05, 0) is 38.8 Å². The number of fused-ring (bicyclic) bond motifs is 1. The summed E-state index contributed by atoms with van der Waals surface area (Å²) in [5.41, 5.74) is 0.716. The first kappa shape index (κ1) is 14.4. The maximum Gasteiger partial charge on any atom is 0.414 e. The van der Waals surface area contributed by atoms with Gasteiger partial charge in [-0.3, -0.25) is 9.69 Å². The Morgan fingerprint density at radius 3 is 2.55 bits per heavy atom. The monoisotopic (exact) mass is 277 g/mol. The number of amides is 1. The predicted molar refractivity (Wildman–Crippen MR) is 75.0 cm³/mol. The Balaban J connectivity index is 2.32. The summed E-state index contributed by atoms with van der Waals surface area (Å²) in [4.78, 5) is 25.0. The van der Waals surface area contributed by atoms with E-state index in [1.54, 1.807) is 45.0 Å². The molecule has 0 aliphatic carbocycles. The van der Waals surface area contributed by atoms with E-state index in [1.807, 2.05) is 0 Å². The lowest BCUT2D eigenvalue weighted by Gasteiger charge is -2.33. The van der Waals surface area contributed by atoms with Crippen LogP contribution in [0.15, 0.2) is 24.3 Å². The van der Waals surface area contributed by atoms with E-state index in [2.05, 4.69) is 0 Å². The van der Waals surface area contributed by atoms with Crippen molar-refractivity contribution in [1.29, 1.82) is 0 Å². The van der Waals surface area contributed by atoms with Gasteiger partial charge in [0.05, 0.1) is 11.6 Å². The number of para-hydroxylation sites is 1. The third-order valence-electron chi connectivity index (χ3n) is 3.16. The van der Waals surface area contributed by atoms with E-state index >= 15 is 0 Å². The molecule has 5 heteroatoms. The number of hydrogen-bond donors (Lipinski definition) is 1. The number of hydrogen-bond acceptors (Lipinski definition) is 3. The Morgan fingerprint density at radius 2 is 1.95 bits per heavy atom. The molecule has 1 amide bonds. The first-order valence-electron chi connectivity index (χ1n) is 6.62. The molecule has 0 radical (unpaired) electrons. The number of rotatable bonds is 1. The second-order valence-electron chi connectivity index (χ2n) is 5.87. The van der Waals surface area contributed by atoms with Crippen molar-refractivity contribution in [1.82, 2.24) is 0 Å². The van der Waals surface area contributed by atoms with E-state index in [9.17, 15) is 14.7 Å². The average molecular weight is 277 g/mol. The topological polar surface area (TPSA) is 66.8 Å². The van der Waals surface area contributed by atoms with Crippen molar-refractivity contribution in [3.8, 4) is 0 Å². The second-order valence-corrected chi connectivity index (χ2v) is 5.87. The normalized spacial score (nSPS) is 18.4. The summed E-state index contributed by atoms with van der Waals surface area (Å²) in [6, 6.07) is 7.09. The van der Waals surface area contributed by atoms with Gasteiger partial charge in [-0.1, -0.05) is 18.2 Å². The molecule has 1 N–H and O–H groups in total. The molecule has 1 unspecified atom stereocenters. The number of ether oxygens (including phenoxy) is 1. The third kappa shape index (κ3) is 2.92. The second kappa shape index (κ2) is 5.15. The van der Waals surface area contributed by atoms with Crippen molar-refractivity contribution in [2.75, 3.05) is 11.4 Å². The molecular formula is C15H19NO4. The number of carbonyl (C=O) groups excluding carboxylic acids is 1. The van der Waals surface area contributed by atoms with Gasteiger partial charge in [0.1, 0.15) is 5.60 Å². The van der Waals surface area contributed by atoms with Gasteiger partial charge < -0.3 is 9.84 Å². The summed E-state index contributed by atoms with van der Waals surface area (Å²) < 4.78 is 5.37. The Labute approximate surface area is 118 Å². The van der Waals surface area contributed by atoms with Crippen LogP contribution in [0.1, 0.15) is 38.7 Å². The molecule has 1 aromatic rings. The van der Waals surface area contributed by atoms with Crippen LogP contribution in [-0.2, 0) is 9.53 Å². The van der Waals surface area contributed by atoms with E-state index < -0.39 is 23.6 Å². The van der Waals surface area contributed by atoms with Crippen LogP contribution in [0.5, 0.6) is 0 Å². The molecule has 5 nitrogen and oxygen atoms in total. The quantitative estimate of drug-likeness (QED) is 0.857. The molecule has 1 aromatic carbocycles. The fourth-order valence-electron chi connectivity index (χ4n) is 2.33. The van der Waals surface area contributed by atoms with E-state index in [-0.39, 0.29) is 0 Å². The number of carboxylic acid groups (broad SMARTS) is 1. The van der Waals surface area contributed by atoms with Gasteiger partial charge in [0.15, 0.2) is 0 Å². The van der Waals surface area contributed by atoms with Crippen LogP contribution in [0.25, 0.3) is 0 Å². The van der Waals surface area contributed by atoms with Crippen LogP contribution in [0.2, 0.25) is 0 Å². The van der Waals surface area contributed by atoms with Crippen LogP contribution >= 0.6 is 0 Å². The number of aliphatic carboxylic acids is 1. The highest BCUT2D eigenvalue weighted by atomic mass is 16.6. The maximum atomic E-state index is 12.2. The molecule has 0 fully saturated rings. The molecule has 108 valence electrons. The van der Waals surface area contributed by atoms with Crippen molar-refractivity contribution in [2.24, 2.45) is 0 Å². The van der Waals surface area contributed by atoms with E-state index in [4.69, 9.17) is 4.74 Å². The van der Waals surface area contributed by atoms with Gasteiger partial charge in [-0.25, -0.2) is 4.79 Å². The van der Waals surface area contributed by atoms with Gasteiger partial charge >= 0.3 is 12.1 Å². The summed E-state index contributed by atoms with van der Waals surface area (Å²) in [5.74, 6) is -1.42. The van der Waals surface area contributed by atoms with E-state index in [0.29, 0.717) is 24.2 Å². The van der Waals surface area contributed by atoms with E-state index in [0.717, 1.165) is 0 Å². The number of benzene rings is 1. The highest BCUT2D eigenvalue weighted by Gasteiger charge is 2.34. The van der Waals surface area contributed by atoms with Gasteiger partial charge in [0, 0.05) is 6.54 Å². The fourth-order valence-corrected chi connectivity index (χ4v) is 2.33. The molecule has 1 heterocycles. The summed E-state index contributed by atoms with van der Waals surface area (Å²) in [5, 5.41) is 9.26. The average Bonchev–Trinajstić information content (AvgIpc) is 2.35. The maximum absolute atomic E-state index is 12.2. The minimum Gasteiger partial charge on any atom is -0.481 e. The van der Waals surface area contributed by atoms with Crippen molar-refractivity contribution in [3.05, 3.63) is 29.8 Å². The van der Waals surface area contributed by atoms with Crippen molar-refractivity contribution in [3.63, 3.8) is 0 Å². The molecule has 2 rings (SSSR count). The highest BCUT2D eigenvalue weighted by Crippen LogP contribution is 2.35. The lowest BCUT2D eigenvalue weighted by Crippen LogP contribution is -2.41. The largest absolute Gasteiger partial charge is 0.481 e. The minimum atomic E-state index is -0.860. The molecular weight excluding hydrogens is 258 g/mol. The predicted octanol–water partition coefficient (Wildman–Crippen LogP) is 3.00. The van der Waals surface area contributed by atoms with Gasteiger partial charge in [-0.15, -0.1) is 0 Å². The van der Waals surface area contributed by atoms with Gasteiger partial charge in [0.2, 0.25) is 0 Å². The van der Waals surface area contributed by atoms with Crippen LogP contribution in [0.4, 0.5) is 10.5 Å². The smallest absolute Gasteiger partial charge is 0.414 e. The number of nitrogens with zero attached hydrogens (tertiary/aromatic N) is 1. The van der Waals surface area contributed by atoms with Crippen LogP contribution in [0.3, 0.4) is 0 Å². The molecule has 0 saturated heterocycles. The zero-order valence-electron chi connectivity index (χ0n) is 11.9. The Bertz CT molecular complexity index is 533. The van der Waals surface area contributed by atoms with Gasteiger partial charge in [0.25, 0.3) is 0 Å². The molecule has 0 aromatic heterocycles. The number of carbonyl (C=O) groups is 2. The molecule has 1 aliphatic heterocycles. The highest BCUT2D eigenvalue weighted by molar-refractivity contribution is 5.92. The number of carboxylic acids is 1. The first-order valence-corrected chi connectivity index (χ1v) is 6.62. The lowest BCUT2D eigenvalue weighted by atomic mass is 9.90. The standard InChI is InChI=1S/C15H19NO4/c1-15(2,3)20-14(19)16-9-8-11(13(17)18)10-6-4-5-7-12(10)16/h4-7,11H,8-9H2,1-3H3,(H,17,18). The molecule has 0 saturated carbocycles. The summed E-state index contributed by atoms with van der Waals surface area (Å²) in [6.45, 7) is 5.77. The Hall–Kier alpha value is -2.04. The molecule has 1 aliphatic rings. The SMILES string of the molecule is CC(C)(C)OC(=O)N1CCC(C(=O)O)c2ccccc21. The minimum absolute atomic E-state index is 0.350. The summed E-state index contributed by atoms with van der Waals surface area (Å²) in [7, 11) is 0. The van der Waals surface area contributed by atoms with Crippen LogP contribution in [0, 0.1) is 0 Å². The summed E-state index contributed by atoms with van der Waals surface area (Å²) in [6.07, 6.45) is -0.0419. The zero-order valence-corrected chi connectivity index (χ0v) is 11.9. The van der Waals surface area contributed by atoms with E-state index in [1.165, 1.54) is 4.90 Å². The van der Waals surface area contributed by atoms with Crippen LogP contribution < -0.4 is 4.90 Å². The molecule has 20 heavy (non-hydrogen) atoms. The third-order valence-corrected chi connectivity index (χ3v) is 3.16. The number of anilines is 1. The molecule has 0 spiro atoms. The molecule has 0 bridgehead atoms. The van der Waals surface area contributed by atoms with Crippen molar-refractivity contribution < 1.29 is 19.4 Å². The van der Waals surface area contributed by atoms with Gasteiger partial charge in [-0.2, -0.15) is 0 Å². The molecule has 1 atom stereocenters. The lowest BCUT2D eigenvalue weighted by molar-refractivity contribution is -0.139. The summed E-state index contributed by atoms with van der Waals surface area (Å²) >= 11 is 0. The first-order chi connectivity index (χ1) is 9.29.